The second-order valence-corrected chi connectivity index (χ2v) is 7.27. The molecule has 0 saturated carbocycles. The lowest BCUT2D eigenvalue weighted by Gasteiger charge is -2.36. The van der Waals surface area contributed by atoms with E-state index in [2.05, 4.69) is 20.5 Å². The summed E-state index contributed by atoms with van der Waals surface area (Å²) < 4.78 is 0. The highest BCUT2D eigenvalue weighted by molar-refractivity contribution is 6.30. The number of nitrogens with zero attached hydrogens (tertiary/aromatic N) is 2. The first-order valence-corrected chi connectivity index (χ1v) is 9.75. The number of hydrogen-bond acceptors (Lipinski definition) is 6. The van der Waals surface area contributed by atoms with E-state index in [-0.39, 0.29) is 24.4 Å². The summed E-state index contributed by atoms with van der Waals surface area (Å²) in [5.74, 6) is 0.583. The Bertz CT molecular complexity index is 733. The number of likely N-dealkylation sites (tertiary alicyclic amines) is 1. The lowest BCUT2D eigenvalue weighted by atomic mass is 9.89. The zero-order valence-electron chi connectivity index (χ0n) is 16.3. The number of carbonyl (C=O) groups is 2. The summed E-state index contributed by atoms with van der Waals surface area (Å²) in [6, 6.07) is 3.06. The van der Waals surface area contributed by atoms with E-state index in [9.17, 15) is 9.59 Å². The van der Waals surface area contributed by atoms with Gasteiger partial charge in [-0.3, -0.25) is 14.5 Å². The summed E-state index contributed by atoms with van der Waals surface area (Å²) in [7, 11) is 1.83. The topological polar surface area (TPSA) is 100 Å². The molecule has 1 amide bonds. The summed E-state index contributed by atoms with van der Waals surface area (Å²) in [5, 5.41) is 6.40. The molecule has 0 radical (unpaired) electrons. The molecule has 1 aliphatic rings. The largest absolute Gasteiger partial charge is 0.394 e. The van der Waals surface area contributed by atoms with Crippen LogP contribution < -0.4 is 16.4 Å². The molecule has 0 spiro atoms. The summed E-state index contributed by atoms with van der Waals surface area (Å²) in [4.78, 5) is 30.0. The SMILES string of the molecule is CNC=C(/C=C(\C=O)CN)C1CCCN(C(C)C(=O)Nc2ccc(Cl)cn2)C1. The number of halogens is 1. The first-order chi connectivity index (χ1) is 13.5. The van der Waals surface area contributed by atoms with Crippen LogP contribution >= 0.6 is 11.6 Å². The normalized spacial score (nSPS) is 19.8. The van der Waals surface area contributed by atoms with E-state index in [1.165, 1.54) is 6.20 Å². The van der Waals surface area contributed by atoms with Crippen LogP contribution in [0.15, 0.2) is 41.8 Å². The predicted octanol–water partition coefficient (Wildman–Crippen LogP) is 1.96. The first kappa shape index (κ1) is 22.1. The van der Waals surface area contributed by atoms with Crippen molar-refractivity contribution >= 4 is 29.6 Å². The van der Waals surface area contributed by atoms with Gasteiger partial charge in [0, 0.05) is 31.9 Å². The maximum Gasteiger partial charge on any atom is 0.242 e. The maximum atomic E-state index is 12.6. The molecular formula is C20H28ClN5O2. The zero-order valence-corrected chi connectivity index (χ0v) is 17.1. The van der Waals surface area contributed by atoms with Gasteiger partial charge in [0.15, 0.2) is 0 Å². The predicted molar refractivity (Wildman–Crippen MR) is 112 cm³/mol. The van der Waals surface area contributed by atoms with Crippen LogP contribution in [0.3, 0.4) is 0 Å². The van der Waals surface area contributed by atoms with Gasteiger partial charge in [-0.2, -0.15) is 0 Å². The summed E-state index contributed by atoms with van der Waals surface area (Å²) in [6.07, 6.45) is 8.00. The van der Waals surface area contributed by atoms with Crippen molar-refractivity contribution in [3.63, 3.8) is 0 Å². The van der Waals surface area contributed by atoms with Gasteiger partial charge in [-0.25, -0.2) is 4.98 Å². The van der Waals surface area contributed by atoms with Crippen LogP contribution in [0.5, 0.6) is 0 Å². The number of aromatic nitrogens is 1. The number of hydrogen-bond donors (Lipinski definition) is 3. The molecule has 7 nitrogen and oxygen atoms in total. The minimum absolute atomic E-state index is 0.110. The fourth-order valence-electron chi connectivity index (χ4n) is 3.28. The molecule has 2 atom stereocenters. The van der Waals surface area contributed by atoms with Crippen LogP contribution in [0.4, 0.5) is 5.82 Å². The van der Waals surface area contributed by atoms with E-state index in [0.29, 0.717) is 16.4 Å². The summed E-state index contributed by atoms with van der Waals surface area (Å²) in [5.41, 5.74) is 7.20. The van der Waals surface area contributed by atoms with Crippen LogP contribution in [0, 0.1) is 5.92 Å². The van der Waals surface area contributed by atoms with Crippen LogP contribution in [0.1, 0.15) is 19.8 Å². The molecular weight excluding hydrogens is 378 g/mol. The minimum atomic E-state index is -0.305. The molecule has 8 heteroatoms. The number of anilines is 1. The third kappa shape index (κ3) is 6.15. The third-order valence-corrected chi connectivity index (χ3v) is 5.10. The van der Waals surface area contributed by atoms with E-state index < -0.39 is 0 Å². The molecule has 1 aromatic rings. The molecule has 1 aromatic heterocycles. The molecule has 0 aliphatic carbocycles. The van der Waals surface area contributed by atoms with Crippen molar-refractivity contribution in [2.24, 2.45) is 11.7 Å². The quantitative estimate of drug-likeness (QED) is 0.347. The smallest absolute Gasteiger partial charge is 0.242 e. The lowest BCUT2D eigenvalue weighted by Crippen LogP contribution is -2.47. The van der Waals surface area contributed by atoms with Gasteiger partial charge in [0.05, 0.1) is 11.1 Å². The van der Waals surface area contributed by atoms with E-state index in [1.54, 1.807) is 12.1 Å². The number of amides is 1. The fraction of sp³-hybridized carbons (Fsp3) is 0.450. The highest BCUT2D eigenvalue weighted by atomic mass is 35.5. The Morgan fingerprint density at radius 3 is 2.89 bits per heavy atom. The van der Waals surface area contributed by atoms with Gasteiger partial charge in [0.25, 0.3) is 0 Å². The fourth-order valence-corrected chi connectivity index (χ4v) is 3.39. The van der Waals surface area contributed by atoms with Crippen LogP contribution in [-0.2, 0) is 9.59 Å². The molecule has 152 valence electrons. The van der Waals surface area contributed by atoms with Crippen molar-refractivity contribution in [2.75, 3.05) is 32.0 Å². The van der Waals surface area contributed by atoms with Gasteiger partial charge >= 0.3 is 0 Å². The van der Waals surface area contributed by atoms with E-state index in [1.807, 2.05) is 26.2 Å². The maximum absolute atomic E-state index is 12.6. The van der Waals surface area contributed by atoms with Crippen molar-refractivity contribution in [3.8, 4) is 0 Å². The van der Waals surface area contributed by atoms with Crippen molar-refractivity contribution in [3.05, 3.63) is 46.8 Å². The van der Waals surface area contributed by atoms with Crippen molar-refractivity contribution < 1.29 is 9.59 Å². The second-order valence-electron chi connectivity index (χ2n) is 6.84. The third-order valence-electron chi connectivity index (χ3n) is 4.88. The highest BCUT2D eigenvalue weighted by Crippen LogP contribution is 2.26. The first-order valence-electron chi connectivity index (χ1n) is 9.38. The number of piperidine rings is 1. The van der Waals surface area contributed by atoms with Gasteiger partial charge in [-0.1, -0.05) is 11.6 Å². The number of nitrogens with two attached hydrogens (primary N) is 1. The van der Waals surface area contributed by atoms with Crippen molar-refractivity contribution in [1.82, 2.24) is 15.2 Å². The molecule has 4 N–H and O–H groups in total. The Balaban J connectivity index is 2.06. The van der Waals surface area contributed by atoms with Gasteiger partial charge < -0.3 is 16.4 Å². The number of pyridine rings is 1. The molecule has 2 unspecified atom stereocenters. The van der Waals surface area contributed by atoms with E-state index in [0.717, 1.165) is 37.8 Å². The molecule has 1 saturated heterocycles. The average molecular weight is 406 g/mol. The molecule has 2 rings (SSSR count). The van der Waals surface area contributed by atoms with Gasteiger partial charge in [-0.05, 0) is 62.2 Å². The molecule has 1 aliphatic heterocycles. The van der Waals surface area contributed by atoms with Gasteiger partial charge in [0.1, 0.15) is 12.1 Å². The number of rotatable bonds is 8. The molecule has 0 aromatic carbocycles. The van der Waals surface area contributed by atoms with Crippen molar-refractivity contribution in [2.45, 2.75) is 25.8 Å². The number of aldehydes is 1. The Morgan fingerprint density at radius 1 is 1.50 bits per heavy atom. The molecule has 1 fully saturated rings. The monoisotopic (exact) mass is 405 g/mol. The Labute approximate surface area is 171 Å². The number of allylic oxidation sites excluding steroid dienone is 1. The highest BCUT2D eigenvalue weighted by Gasteiger charge is 2.29. The molecule has 2 heterocycles. The van der Waals surface area contributed by atoms with Gasteiger partial charge in [0.2, 0.25) is 5.91 Å². The Morgan fingerprint density at radius 2 is 2.29 bits per heavy atom. The van der Waals surface area contributed by atoms with Crippen LogP contribution in [-0.4, -0.2) is 54.8 Å². The summed E-state index contributed by atoms with van der Waals surface area (Å²) >= 11 is 5.83. The standard InChI is InChI=1S/C20H28ClN5O2/c1-14(20(28)25-19-6-5-18(21)11-24-19)26-7-3-4-16(12-26)17(10-23-2)8-15(9-22)13-27/h5-6,8,10-11,13-14,16,23H,3-4,7,9,12,22H2,1-2H3,(H,24,25,28)/b15-8-,17-10?. The average Bonchev–Trinajstić information content (AvgIpc) is 2.72. The van der Waals surface area contributed by atoms with E-state index >= 15 is 0 Å². The minimum Gasteiger partial charge on any atom is -0.394 e. The van der Waals surface area contributed by atoms with Crippen LogP contribution in [0.2, 0.25) is 5.02 Å². The van der Waals surface area contributed by atoms with E-state index in [4.69, 9.17) is 17.3 Å². The number of carbonyl (C=O) groups excluding carboxylic acids is 2. The lowest BCUT2D eigenvalue weighted by molar-refractivity contribution is -0.121. The zero-order chi connectivity index (χ0) is 20.5. The number of nitrogens with one attached hydrogen (secondary N) is 2. The van der Waals surface area contributed by atoms with Gasteiger partial charge in [-0.15, -0.1) is 0 Å². The van der Waals surface area contributed by atoms with Crippen LogP contribution in [0.25, 0.3) is 0 Å². The summed E-state index contributed by atoms with van der Waals surface area (Å²) in [6.45, 7) is 3.66. The molecule has 28 heavy (non-hydrogen) atoms. The second kappa shape index (κ2) is 10.9. The Hall–Kier alpha value is -2.22. The molecule has 0 bridgehead atoms. The Kier molecular flexibility index (Phi) is 8.63. The van der Waals surface area contributed by atoms with Crippen molar-refractivity contribution in [1.29, 1.82) is 0 Å².